The predicted molar refractivity (Wildman–Crippen MR) is 79.4 cm³/mol. The molecule has 118 valence electrons. The molecule has 0 spiro atoms. The van der Waals surface area contributed by atoms with E-state index >= 15 is 0 Å². The third-order valence-corrected chi connectivity index (χ3v) is 4.79. The summed E-state index contributed by atoms with van der Waals surface area (Å²) in [6.07, 6.45) is 10.5. The van der Waals surface area contributed by atoms with Crippen LogP contribution in [0, 0.1) is 11.8 Å². The number of halogens is 1. The van der Waals surface area contributed by atoms with Crippen molar-refractivity contribution in [3.05, 3.63) is 0 Å². The number of hydrogen-bond acceptors (Lipinski definition) is 2. The Bertz CT molecular complexity index is 243. The number of ether oxygens (including phenoxy) is 2. The summed E-state index contributed by atoms with van der Waals surface area (Å²) in [6, 6.07) is 0. The van der Waals surface area contributed by atoms with E-state index < -0.39 is 6.17 Å². The zero-order chi connectivity index (χ0) is 14.2. The van der Waals surface area contributed by atoms with Crippen molar-refractivity contribution in [2.24, 2.45) is 11.8 Å². The lowest BCUT2D eigenvalue weighted by Crippen LogP contribution is -2.38. The van der Waals surface area contributed by atoms with E-state index in [1.807, 2.05) is 0 Å². The molecular formula is C17H31FO2. The van der Waals surface area contributed by atoms with Gasteiger partial charge in [0.15, 0.2) is 6.29 Å². The Morgan fingerprint density at radius 3 is 2.20 bits per heavy atom. The minimum atomic E-state index is -0.592. The first-order valence-electron chi connectivity index (χ1n) is 8.67. The second-order valence-corrected chi connectivity index (χ2v) is 6.62. The molecule has 2 aliphatic rings. The van der Waals surface area contributed by atoms with Crippen molar-refractivity contribution < 1.29 is 13.9 Å². The van der Waals surface area contributed by atoms with Gasteiger partial charge >= 0.3 is 0 Å². The molecule has 1 saturated carbocycles. The normalized spacial score (nSPS) is 35.1. The van der Waals surface area contributed by atoms with Crippen LogP contribution in [0.2, 0.25) is 0 Å². The second kappa shape index (κ2) is 8.99. The maximum atomic E-state index is 13.1. The van der Waals surface area contributed by atoms with Crippen molar-refractivity contribution in [1.82, 2.24) is 0 Å². The average molecular weight is 286 g/mol. The lowest BCUT2D eigenvalue weighted by atomic mass is 9.87. The summed E-state index contributed by atoms with van der Waals surface area (Å²) in [7, 11) is 0. The number of hydrogen-bond donors (Lipinski definition) is 0. The van der Waals surface area contributed by atoms with E-state index in [1.54, 1.807) is 0 Å². The van der Waals surface area contributed by atoms with E-state index in [0.717, 1.165) is 26.1 Å². The van der Waals surface area contributed by atoms with Gasteiger partial charge in [-0.05, 0) is 32.1 Å². The summed E-state index contributed by atoms with van der Waals surface area (Å²) < 4.78 is 24.9. The highest BCUT2D eigenvalue weighted by Crippen LogP contribution is 2.32. The quantitative estimate of drug-likeness (QED) is 0.622. The number of alkyl halides is 1. The van der Waals surface area contributed by atoms with Crippen LogP contribution >= 0.6 is 0 Å². The SMILES string of the molecule is CCCCCCC[C@H]1CO[C@H](C2CCC(F)CC2)OC1. The molecule has 1 heterocycles. The van der Waals surface area contributed by atoms with Gasteiger partial charge < -0.3 is 9.47 Å². The highest BCUT2D eigenvalue weighted by Gasteiger charge is 2.32. The van der Waals surface area contributed by atoms with Gasteiger partial charge in [0.1, 0.15) is 6.17 Å². The molecule has 0 bridgehead atoms. The Morgan fingerprint density at radius 2 is 1.55 bits per heavy atom. The van der Waals surface area contributed by atoms with Crippen LogP contribution in [0.4, 0.5) is 4.39 Å². The summed E-state index contributed by atoms with van der Waals surface area (Å²) in [5.74, 6) is 0.998. The van der Waals surface area contributed by atoms with Crippen LogP contribution in [0.3, 0.4) is 0 Å². The molecule has 0 N–H and O–H groups in total. The minimum Gasteiger partial charge on any atom is -0.352 e. The molecule has 0 radical (unpaired) electrons. The van der Waals surface area contributed by atoms with Gasteiger partial charge in [0.25, 0.3) is 0 Å². The molecule has 1 saturated heterocycles. The molecule has 1 aliphatic carbocycles. The van der Waals surface area contributed by atoms with Gasteiger partial charge in [-0.25, -0.2) is 4.39 Å². The standard InChI is InChI=1S/C17H31FO2/c1-2-3-4-5-6-7-14-12-19-17(20-13-14)15-8-10-16(18)11-9-15/h14-17H,2-13H2,1H3/t14-,15?,16?,17-. The maximum absolute atomic E-state index is 13.1. The highest BCUT2D eigenvalue weighted by molar-refractivity contribution is 4.76. The van der Waals surface area contributed by atoms with Gasteiger partial charge in [-0.3, -0.25) is 0 Å². The molecule has 2 rings (SSSR count). The van der Waals surface area contributed by atoms with Gasteiger partial charge in [0.05, 0.1) is 13.2 Å². The topological polar surface area (TPSA) is 18.5 Å². The largest absolute Gasteiger partial charge is 0.352 e. The van der Waals surface area contributed by atoms with Gasteiger partial charge in [-0.1, -0.05) is 39.0 Å². The number of unbranched alkanes of at least 4 members (excludes halogenated alkanes) is 4. The summed E-state index contributed by atoms with van der Waals surface area (Å²) in [5.41, 5.74) is 0. The van der Waals surface area contributed by atoms with Crippen LogP contribution < -0.4 is 0 Å². The molecule has 0 aromatic carbocycles. The van der Waals surface area contributed by atoms with E-state index in [-0.39, 0.29) is 6.29 Å². The number of rotatable bonds is 7. The van der Waals surface area contributed by atoms with Gasteiger partial charge in [0.2, 0.25) is 0 Å². The summed E-state index contributed by atoms with van der Waals surface area (Å²) in [4.78, 5) is 0. The van der Waals surface area contributed by atoms with Crippen molar-refractivity contribution >= 4 is 0 Å². The highest BCUT2D eigenvalue weighted by atomic mass is 19.1. The first-order valence-corrected chi connectivity index (χ1v) is 8.67. The van der Waals surface area contributed by atoms with Crippen LogP contribution in [0.5, 0.6) is 0 Å². The van der Waals surface area contributed by atoms with Gasteiger partial charge in [0, 0.05) is 11.8 Å². The van der Waals surface area contributed by atoms with E-state index in [0.29, 0.717) is 24.7 Å². The van der Waals surface area contributed by atoms with Crippen molar-refractivity contribution in [3.8, 4) is 0 Å². The molecule has 3 heteroatoms. The fraction of sp³-hybridized carbons (Fsp3) is 1.00. The molecule has 0 aromatic heterocycles. The Kier molecular flexibility index (Phi) is 7.29. The predicted octanol–water partition coefficient (Wildman–Crippen LogP) is 4.86. The maximum Gasteiger partial charge on any atom is 0.160 e. The minimum absolute atomic E-state index is 0.0566. The molecule has 0 atom stereocenters. The van der Waals surface area contributed by atoms with Crippen molar-refractivity contribution in [2.45, 2.75) is 83.6 Å². The molecule has 0 unspecified atom stereocenters. The average Bonchev–Trinajstić information content (AvgIpc) is 2.49. The van der Waals surface area contributed by atoms with Crippen LogP contribution in [0.25, 0.3) is 0 Å². The van der Waals surface area contributed by atoms with Crippen LogP contribution in [0.1, 0.15) is 71.1 Å². The zero-order valence-corrected chi connectivity index (χ0v) is 13.0. The van der Waals surface area contributed by atoms with Crippen molar-refractivity contribution in [2.75, 3.05) is 13.2 Å². The van der Waals surface area contributed by atoms with E-state index in [1.165, 1.54) is 38.5 Å². The monoisotopic (exact) mass is 286 g/mol. The molecule has 0 amide bonds. The third kappa shape index (κ3) is 5.33. The Labute approximate surface area is 123 Å². The lowest BCUT2D eigenvalue weighted by Gasteiger charge is -2.36. The Morgan fingerprint density at radius 1 is 0.900 bits per heavy atom. The van der Waals surface area contributed by atoms with Crippen LogP contribution in [0.15, 0.2) is 0 Å². The first-order chi connectivity index (χ1) is 9.79. The van der Waals surface area contributed by atoms with E-state index in [2.05, 4.69) is 6.92 Å². The summed E-state index contributed by atoms with van der Waals surface area (Å²) in [5, 5.41) is 0. The third-order valence-electron chi connectivity index (χ3n) is 4.79. The van der Waals surface area contributed by atoms with Gasteiger partial charge in [-0.15, -0.1) is 0 Å². The fourth-order valence-electron chi connectivity index (χ4n) is 3.38. The fourth-order valence-corrected chi connectivity index (χ4v) is 3.38. The molecule has 1 aliphatic heterocycles. The second-order valence-electron chi connectivity index (χ2n) is 6.62. The smallest absolute Gasteiger partial charge is 0.160 e. The van der Waals surface area contributed by atoms with E-state index in [9.17, 15) is 4.39 Å². The summed E-state index contributed by atoms with van der Waals surface area (Å²) >= 11 is 0. The van der Waals surface area contributed by atoms with Crippen molar-refractivity contribution in [3.63, 3.8) is 0 Å². The molecule has 0 aromatic rings. The van der Waals surface area contributed by atoms with Crippen molar-refractivity contribution in [1.29, 1.82) is 0 Å². The van der Waals surface area contributed by atoms with Crippen LogP contribution in [-0.2, 0) is 9.47 Å². The first kappa shape index (κ1) is 16.2. The molecule has 2 nitrogen and oxygen atoms in total. The zero-order valence-electron chi connectivity index (χ0n) is 13.0. The van der Waals surface area contributed by atoms with E-state index in [4.69, 9.17) is 9.47 Å². The summed E-state index contributed by atoms with van der Waals surface area (Å²) in [6.45, 7) is 3.93. The van der Waals surface area contributed by atoms with Crippen LogP contribution in [-0.4, -0.2) is 25.7 Å². The molecule has 20 heavy (non-hydrogen) atoms. The molecular weight excluding hydrogens is 255 g/mol. The molecule has 2 fully saturated rings. The Hall–Kier alpha value is -0.150. The van der Waals surface area contributed by atoms with Gasteiger partial charge in [-0.2, -0.15) is 0 Å². The lowest BCUT2D eigenvalue weighted by molar-refractivity contribution is -0.230. The Balaban J connectivity index is 1.55.